The minimum Gasteiger partial charge on any atom is -0.476 e. The Morgan fingerprint density at radius 1 is 1.33 bits per heavy atom. The second kappa shape index (κ2) is 6.12. The largest absolute Gasteiger partial charge is 0.476 e. The van der Waals surface area contributed by atoms with Gasteiger partial charge < -0.3 is 10.0 Å². The Morgan fingerprint density at radius 2 is 2.10 bits per heavy atom. The van der Waals surface area contributed by atoms with E-state index in [1.165, 1.54) is 9.58 Å². The summed E-state index contributed by atoms with van der Waals surface area (Å²) in [4.78, 5) is 28.5. The summed E-state index contributed by atoms with van der Waals surface area (Å²) in [6, 6.07) is 5.15. The van der Waals surface area contributed by atoms with Crippen molar-refractivity contribution in [1.82, 2.24) is 24.9 Å². The van der Waals surface area contributed by atoms with Crippen LogP contribution in [0.25, 0.3) is 11.4 Å². The Morgan fingerprint density at radius 3 is 2.67 bits per heavy atom. The number of carboxylic acids is 1. The highest BCUT2D eigenvalue weighted by atomic mass is 16.4. The number of aromatic nitrogens is 4. The number of carbonyl (C=O) groups is 2. The van der Waals surface area contributed by atoms with Gasteiger partial charge in [-0.05, 0) is 12.1 Å². The number of nitrogens with zero attached hydrogens (tertiary/aromatic N) is 5. The molecule has 0 bridgehead atoms. The van der Waals surface area contributed by atoms with Crippen molar-refractivity contribution in [3.63, 3.8) is 0 Å². The van der Waals surface area contributed by atoms with Crippen molar-refractivity contribution in [3.05, 3.63) is 30.1 Å². The number of hydrogen-bond donors (Lipinski definition) is 1. The van der Waals surface area contributed by atoms with Crippen molar-refractivity contribution in [2.75, 3.05) is 14.1 Å². The van der Waals surface area contributed by atoms with Crippen LogP contribution in [0.3, 0.4) is 0 Å². The van der Waals surface area contributed by atoms with E-state index in [0.717, 1.165) is 0 Å². The number of rotatable bonds is 5. The fourth-order valence-corrected chi connectivity index (χ4v) is 1.80. The molecule has 110 valence electrons. The van der Waals surface area contributed by atoms with Gasteiger partial charge in [0, 0.05) is 26.7 Å². The molecule has 1 N–H and O–H groups in total. The maximum absolute atomic E-state index is 11.6. The molecule has 8 nitrogen and oxygen atoms in total. The summed E-state index contributed by atoms with van der Waals surface area (Å²) >= 11 is 0. The molecule has 0 spiro atoms. The van der Waals surface area contributed by atoms with Crippen molar-refractivity contribution >= 4 is 11.9 Å². The van der Waals surface area contributed by atoms with Crippen LogP contribution in [0.2, 0.25) is 0 Å². The highest BCUT2D eigenvalue weighted by Gasteiger charge is 2.21. The standard InChI is InChI=1S/C13H15N5O3/c1-17(2)10(19)6-8-18-12(9-5-3-4-7-14-9)11(13(20)21)15-16-18/h3-5,7H,6,8H2,1-2H3,(H,20,21). The van der Waals surface area contributed by atoms with Gasteiger partial charge in [-0.1, -0.05) is 11.3 Å². The van der Waals surface area contributed by atoms with Crippen LogP contribution in [0.5, 0.6) is 0 Å². The number of pyridine rings is 1. The molecule has 0 saturated heterocycles. The van der Waals surface area contributed by atoms with Crippen LogP contribution in [0.4, 0.5) is 0 Å². The Bertz CT molecular complexity index is 651. The van der Waals surface area contributed by atoms with Gasteiger partial charge in [0.1, 0.15) is 5.69 Å². The van der Waals surface area contributed by atoms with E-state index in [1.54, 1.807) is 38.5 Å². The molecule has 2 heterocycles. The second-order valence-electron chi connectivity index (χ2n) is 4.57. The van der Waals surface area contributed by atoms with E-state index in [-0.39, 0.29) is 24.6 Å². The first-order valence-corrected chi connectivity index (χ1v) is 6.29. The molecule has 0 unspecified atom stereocenters. The predicted molar refractivity (Wildman–Crippen MR) is 73.5 cm³/mol. The molecule has 0 aliphatic carbocycles. The smallest absolute Gasteiger partial charge is 0.358 e. The van der Waals surface area contributed by atoms with Crippen LogP contribution < -0.4 is 0 Å². The molecule has 2 rings (SSSR count). The first-order valence-electron chi connectivity index (χ1n) is 6.29. The zero-order chi connectivity index (χ0) is 15.4. The summed E-state index contributed by atoms with van der Waals surface area (Å²) in [5.41, 5.74) is 0.581. The molecule has 2 aromatic heterocycles. The number of carbonyl (C=O) groups excluding carboxylic acids is 1. The van der Waals surface area contributed by atoms with Crippen molar-refractivity contribution in [2.45, 2.75) is 13.0 Å². The molecule has 0 fully saturated rings. The predicted octanol–water partition coefficient (Wildman–Crippen LogP) is 0.517. The van der Waals surface area contributed by atoms with E-state index < -0.39 is 5.97 Å². The highest BCUT2D eigenvalue weighted by molar-refractivity contribution is 5.92. The van der Waals surface area contributed by atoms with Crippen LogP contribution in [0.1, 0.15) is 16.9 Å². The van der Waals surface area contributed by atoms with Gasteiger partial charge in [-0.3, -0.25) is 9.78 Å². The molecule has 1 amide bonds. The van der Waals surface area contributed by atoms with Gasteiger partial charge in [-0.2, -0.15) is 0 Å². The van der Waals surface area contributed by atoms with E-state index in [1.807, 2.05) is 0 Å². The fourth-order valence-electron chi connectivity index (χ4n) is 1.80. The number of carboxylic acid groups (broad SMARTS) is 1. The van der Waals surface area contributed by atoms with Crippen molar-refractivity contribution in [2.24, 2.45) is 0 Å². The number of aryl methyl sites for hydroxylation is 1. The Hall–Kier alpha value is -2.77. The van der Waals surface area contributed by atoms with Gasteiger partial charge in [-0.25, -0.2) is 9.48 Å². The second-order valence-corrected chi connectivity index (χ2v) is 4.57. The van der Waals surface area contributed by atoms with Crippen LogP contribution in [-0.4, -0.2) is 56.0 Å². The molecule has 21 heavy (non-hydrogen) atoms. The summed E-state index contributed by atoms with van der Waals surface area (Å²) in [6.45, 7) is 0.239. The number of amides is 1. The normalized spacial score (nSPS) is 10.4. The van der Waals surface area contributed by atoms with E-state index in [0.29, 0.717) is 11.4 Å². The Labute approximate surface area is 121 Å². The minimum absolute atomic E-state index is 0.0747. The summed E-state index contributed by atoms with van der Waals surface area (Å²) in [6.07, 6.45) is 1.76. The first-order chi connectivity index (χ1) is 10.0. The molecule has 8 heteroatoms. The van der Waals surface area contributed by atoms with Gasteiger partial charge in [0.25, 0.3) is 0 Å². The van der Waals surface area contributed by atoms with Crippen LogP contribution in [0, 0.1) is 0 Å². The molecule has 0 aromatic carbocycles. The average molecular weight is 289 g/mol. The lowest BCUT2D eigenvalue weighted by atomic mass is 10.2. The van der Waals surface area contributed by atoms with Crippen molar-refractivity contribution < 1.29 is 14.7 Å². The third-order valence-electron chi connectivity index (χ3n) is 2.88. The van der Waals surface area contributed by atoms with Gasteiger partial charge in [0.2, 0.25) is 5.91 Å². The molecular formula is C13H15N5O3. The number of hydrogen-bond acceptors (Lipinski definition) is 5. The van der Waals surface area contributed by atoms with E-state index in [4.69, 9.17) is 0 Å². The highest BCUT2D eigenvalue weighted by Crippen LogP contribution is 2.20. The molecule has 0 atom stereocenters. The fraction of sp³-hybridized carbons (Fsp3) is 0.308. The average Bonchev–Trinajstić information content (AvgIpc) is 2.89. The zero-order valence-corrected chi connectivity index (χ0v) is 11.7. The van der Waals surface area contributed by atoms with Gasteiger partial charge in [-0.15, -0.1) is 5.10 Å². The maximum atomic E-state index is 11.6. The van der Waals surface area contributed by atoms with Gasteiger partial charge in [0.05, 0.1) is 12.2 Å². The molecule has 0 aliphatic rings. The van der Waals surface area contributed by atoms with Crippen LogP contribution >= 0.6 is 0 Å². The maximum Gasteiger partial charge on any atom is 0.358 e. The van der Waals surface area contributed by atoms with Crippen LogP contribution in [-0.2, 0) is 11.3 Å². The molecule has 2 aromatic rings. The van der Waals surface area contributed by atoms with Gasteiger partial charge in [0.15, 0.2) is 5.69 Å². The summed E-state index contributed by atoms with van der Waals surface area (Å²) in [5, 5.41) is 16.7. The molecule has 0 saturated carbocycles. The number of aromatic carboxylic acids is 1. The lowest BCUT2D eigenvalue weighted by Crippen LogP contribution is -2.23. The third kappa shape index (κ3) is 3.22. The van der Waals surface area contributed by atoms with E-state index in [9.17, 15) is 14.7 Å². The minimum atomic E-state index is -1.18. The summed E-state index contributed by atoms with van der Waals surface area (Å²) in [5.74, 6) is -1.25. The third-order valence-corrected chi connectivity index (χ3v) is 2.88. The molecular weight excluding hydrogens is 274 g/mol. The first kappa shape index (κ1) is 14.6. The van der Waals surface area contributed by atoms with Gasteiger partial charge >= 0.3 is 5.97 Å². The lowest BCUT2D eigenvalue weighted by molar-refractivity contribution is -0.128. The van der Waals surface area contributed by atoms with E-state index >= 15 is 0 Å². The summed E-state index contributed by atoms with van der Waals surface area (Å²) < 4.78 is 1.40. The van der Waals surface area contributed by atoms with E-state index in [2.05, 4.69) is 15.3 Å². The SMILES string of the molecule is CN(C)C(=O)CCn1nnc(C(=O)O)c1-c1ccccn1. The Balaban J connectivity index is 2.34. The summed E-state index contributed by atoms with van der Waals surface area (Å²) in [7, 11) is 3.32. The lowest BCUT2D eigenvalue weighted by Gasteiger charge is -2.11. The van der Waals surface area contributed by atoms with Crippen molar-refractivity contribution in [1.29, 1.82) is 0 Å². The zero-order valence-electron chi connectivity index (χ0n) is 11.7. The van der Waals surface area contributed by atoms with Crippen molar-refractivity contribution in [3.8, 4) is 11.4 Å². The monoisotopic (exact) mass is 289 g/mol. The molecule has 0 radical (unpaired) electrons. The molecule has 0 aliphatic heterocycles. The Kier molecular flexibility index (Phi) is 4.27. The topological polar surface area (TPSA) is 101 Å². The quantitative estimate of drug-likeness (QED) is 0.861. The van der Waals surface area contributed by atoms with Crippen LogP contribution in [0.15, 0.2) is 24.4 Å².